The highest BCUT2D eigenvalue weighted by Crippen LogP contribution is 2.21. The van der Waals surface area contributed by atoms with E-state index in [4.69, 9.17) is 0 Å². The maximum absolute atomic E-state index is 11.1. The molecule has 2 aromatic heterocycles. The van der Waals surface area contributed by atoms with E-state index in [1.54, 1.807) is 18.7 Å². The van der Waals surface area contributed by atoms with Gasteiger partial charge in [0.25, 0.3) is 0 Å². The van der Waals surface area contributed by atoms with Crippen LogP contribution < -0.4 is 20.4 Å². The third-order valence-electron chi connectivity index (χ3n) is 4.57. The van der Waals surface area contributed by atoms with Crippen molar-refractivity contribution in [2.75, 3.05) is 46.6 Å². The minimum absolute atomic E-state index is 0.0925. The van der Waals surface area contributed by atoms with Gasteiger partial charge >= 0.3 is 0 Å². The Hall–Kier alpha value is -3.75. The van der Waals surface area contributed by atoms with Gasteiger partial charge in [-0.2, -0.15) is 0 Å². The van der Waals surface area contributed by atoms with E-state index in [1.165, 1.54) is 6.92 Å². The zero-order valence-electron chi connectivity index (χ0n) is 16.1. The zero-order chi connectivity index (χ0) is 20.1. The van der Waals surface area contributed by atoms with Crippen LogP contribution in [0, 0.1) is 0 Å². The average molecular weight is 390 g/mol. The van der Waals surface area contributed by atoms with Crippen molar-refractivity contribution < 1.29 is 4.79 Å². The van der Waals surface area contributed by atoms with Crippen LogP contribution >= 0.6 is 0 Å². The molecule has 2 N–H and O–H groups in total. The Morgan fingerprint density at radius 1 is 0.897 bits per heavy atom. The predicted molar refractivity (Wildman–Crippen MR) is 113 cm³/mol. The second-order valence-corrected chi connectivity index (χ2v) is 6.67. The second-order valence-electron chi connectivity index (χ2n) is 6.67. The summed E-state index contributed by atoms with van der Waals surface area (Å²) in [7, 11) is 0. The largest absolute Gasteiger partial charge is 0.353 e. The number of nitrogens with zero attached hydrogens (tertiary/aromatic N) is 6. The summed E-state index contributed by atoms with van der Waals surface area (Å²) in [4.78, 5) is 32.9. The van der Waals surface area contributed by atoms with Gasteiger partial charge in [0, 0.05) is 62.9 Å². The number of rotatable bonds is 5. The Labute approximate surface area is 168 Å². The van der Waals surface area contributed by atoms with Crippen molar-refractivity contribution in [1.82, 2.24) is 19.9 Å². The summed E-state index contributed by atoms with van der Waals surface area (Å²) in [6.45, 7) is 4.82. The highest BCUT2D eigenvalue weighted by molar-refractivity contribution is 5.88. The molecular formula is C20H22N8O. The molecule has 0 spiro atoms. The van der Waals surface area contributed by atoms with Crippen LogP contribution in [0.1, 0.15) is 6.92 Å². The lowest BCUT2D eigenvalue weighted by Crippen LogP contribution is -2.47. The summed E-state index contributed by atoms with van der Waals surface area (Å²) < 4.78 is 0. The lowest BCUT2D eigenvalue weighted by molar-refractivity contribution is -0.114. The van der Waals surface area contributed by atoms with Crippen molar-refractivity contribution in [2.24, 2.45) is 0 Å². The third-order valence-corrected chi connectivity index (χ3v) is 4.57. The number of amides is 1. The Bertz CT molecular complexity index is 956. The smallest absolute Gasteiger partial charge is 0.225 e. The quantitative estimate of drug-likeness (QED) is 0.685. The monoisotopic (exact) mass is 390 g/mol. The van der Waals surface area contributed by atoms with Gasteiger partial charge in [0.05, 0.1) is 0 Å². The van der Waals surface area contributed by atoms with E-state index in [9.17, 15) is 4.79 Å². The van der Waals surface area contributed by atoms with Gasteiger partial charge in [-0.3, -0.25) is 4.79 Å². The molecule has 1 aliphatic heterocycles. The van der Waals surface area contributed by atoms with Crippen LogP contribution in [0.3, 0.4) is 0 Å². The van der Waals surface area contributed by atoms with Crippen LogP contribution in [0.2, 0.25) is 0 Å². The van der Waals surface area contributed by atoms with Crippen LogP contribution in [0.4, 0.5) is 29.0 Å². The van der Waals surface area contributed by atoms with Crippen LogP contribution in [-0.4, -0.2) is 52.0 Å². The van der Waals surface area contributed by atoms with Gasteiger partial charge in [-0.1, -0.05) is 0 Å². The molecule has 29 heavy (non-hydrogen) atoms. The van der Waals surface area contributed by atoms with Gasteiger partial charge in [-0.05, 0) is 30.3 Å². The number of carbonyl (C=O) groups excluding carboxylic acids is 1. The first-order valence-electron chi connectivity index (χ1n) is 9.41. The van der Waals surface area contributed by atoms with E-state index in [2.05, 4.69) is 40.4 Å². The first-order valence-corrected chi connectivity index (χ1v) is 9.41. The molecule has 1 saturated heterocycles. The number of nitrogens with one attached hydrogen (secondary N) is 2. The van der Waals surface area contributed by atoms with Gasteiger partial charge in [0.2, 0.25) is 11.9 Å². The lowest BCUT2D eigenvalue weighted by atomic mass is 10.2. The lowest BCUT2D eigenvalue weighted by Gasteiger charge is -2.35. The molecule has 9 heteroatoms. The molecule has 3 heterocycles. The van der Waals surface area contributed by atoms with E-state index >= 15 is 0 Å². The maximum Gasteiger partial charge on any atom is 0.225 e. The van der Waals surface area contributed by atoms with Gasteiger partial charge in [0.1, 0.15) is 18.0 Å². The fraction of sp³-hybridized carbons (Fsp3) is 0.250. The molecule has 9 nitrogen and oxygen atoms in total. The summed E-state index contributed by atoms with van der Waals surface area (Å²) in [5, 5.41) is 6.03. The molecule has 0 bridgehead atoms. The molecular weight excluding hydrogens is 368 g/mol. The molecule has 1 aliphatic rings. The molecule has 0 unspecified atom stereocenters. The van der Waals surface area contributed by atoms with Crippen molar-refractivity contribution >= 4 is 34.9 Å². The van der Waals surface area contributed by atoms with Crippen LogP contribution in [-0.2, 0) is 4.79 Å². The third kappa shape index (κ3) is 4.75. The topological polar surface area (TPSA) is 99.2 Å². The minimum Gasteiger partial charge on any atom is -0.353 e. The zero-order valence-corrected chi connectivity index (χ0v) is 16.1. The van der Waals surface area contributed by atoms with Crippen molar-refractivity contribution in [3.8, 4) is 0 Å². The van der Waals surface area contributed by atoms with Gasteiger partial charge in [0.15, 0.2) is 0 Å². The Morgan fingerprint density at radius 2 is 1.55 bits per heavy atom. The summed E-state index contributed by atoms with van der Waals surface area (Å²) in [5.41, 5.74) is 1.64. The van der Waals surface area contributed by atoms with Crippen LogP contribution in [0.15, 0.2) is 55.1 Å². The molecule has 1 aromatic carbocycles. The number of aromatic nitrogens is 4. The number of hydrogen-bond donors (Lipinski definition) is 2. The van der Waals surface area contributed by atoms with Crippen molar-refractivity contribution in [3.63, 3.8) is 0 Å². The summed E-state index contributed by atoms with van der Waals surface area (Å²) >= 11 is 0. The van der Waals surface area contributed by atoms with Gasteiger partial charge in [-0.15, -0.1) is 0 Å². The number of anilines is 5. The molecule has 0 radical (unpaired) electrons. The normalized spacial score (nSPS) is 13.8. The molecule has 148 valence electrons. The van der Waals surface area contributed by atoms with Gasteiger partial charge in [-0.25, -0.2) is 19.9 Å². The molecule has 1 amide bonds. The average Bonchev–Trinajstić information content (AvgIpc) is 2.76. The Morgan fingerprint density at radius 3 is 2.24 bits per heavy atom. The van der Waals surface area contributed by atoms with Crippen LogP contribution in [0.25, 0.3) is 0 Å². The highest BCUT2D eigenvalue weighted by Gasteiger charge is 2.20. The molecule has 4 rings (SSSR count). The molecule has 0 atom stereocenters. The number of piperazine rings is 1. The first-order chi connectivity index (χ1) is 14.2. The fourth-order valence-electron chi connectivity index (χ4n) is 3.17. The summed E-state index contributed by atoms with van der Waals surface area (Å²) in [5.74, 6) is 2.27. The summed E-state index contributed by atoms with van der Waals surface area (Å²) in [6, 6.07) is 11.2. The molecule has 0 aliphatic carbocycles. The number of carbonyl (C=O) groups is 1. The van der Waals surface area contributed by atoms with Crippen molar-refractivity contribution in [3.05, 3.63) is 55.1 Å². The summed E-state index contributed by atoms with van der Waals surface area (Å²) in [6.07, 6.45) is 5.09. The van der Waals surface area contributed by atoms with E-state index in [1.807, 2.05) is 36.4 Å². The highest BCUT2D eigenvalue weighted by atomic mass is 16.1. The fourth-order valence-corrected chi connectivity index (χ4v) is 3.17. The Kier molecular flexibility index (Phi) is 5.46. The van der Waals surface area contributed by atoms with Crippen molar-refractivity contribution in [2.45, 2.75) is 6.92 Å². The molecule has 3 aromatic rings. The van der Waals surface area contributed by atoms with E-state index in [0.29, 0.717) is 0 Å². The van der Waals surface area contributed by atoms with Gasteiger partial charge < -0.3 is 20.4 Å². The number of hydrogen-bond acceptors (Lipinski definition) is 8. The van der Waals surface area contributed by atoms with E-state index in [0.717, 1.165) is 55.1 Å². The standard InChI is InChI=1S/C20H22N8O/c1-15(29)25-16-3-5-17(6-4-16)26-18-13-19(24-14-23-18)27-9-11-28(12-10-27)20-21-7-2-8-22-20/h2-8,13-14H,9-12H2,1H3,(H,25,29)(H,23,24,26). The molecule has 1 fully saturated rings. The number of benzene rings is 1. The minimum atomic E-state index is -0.0925. The first kappa shape index (κ1) is 18.6. The van der Waals surface area contributed by atoms with Crippen LogP contribution in [0.5, 0.6) is 0 Å². The predicted octanol–water partition coefficient (Wildman–Crippen LogP) is 2.30. The maximum atomic E-state index is 11.1. The van der Waals surface area contributed by atoms with E-state index in [-0.39, 0.29) is 5.91 Å². The Balaban J connectivity index is 1.38. The second kappa shape index (κ2) is 8.51. The van der Waals surface area contributed by atoms with Crippen molar-refractivity contribution in [1.29, 1.82) is 0 Å². The van der Waals surface area contributed by atoms with E-state index < -0.39 is 0 Å². The SMILES string of the molecule is CC(=O)Nc1ccc(Nc2cc(N3CCN(c4ncccn4)CC3)ncn2)cc1. The molecule has 0 saturated carbocycles.